The molecule has 10 heteroatoms. The molecule has 0 radical (unpaired) electrons. The number of benzene rings is 2. The van der Waals surface area contributed by atoms with Crippen LogP contribution in [-0.4, -0.2) is 29.1 Å². The number of aliphatic carboxylic acids is 1. The van der Waals surface area contributed by atoms with Crippen LogP contribution in [0.25, 0.3) is 0 Å². The van der Waals surface area contributed by atoms with E-state index < -0.39 is 41.2 Å². The molecule has 0 aliphatic carbocycles. The summed E-state index contributed by atoms with van der Waals surface area (Å²) < 4.78 is 90.9. The maximum absolute atomic E-state index is 14.1. The molecule has 32 heavy (non-hydrogen) atoms. The standard InChI is InChI=1S/C22H20F7NO2/c23-19-9-15(3-6-18(19)22(27,28)29)16-7-14(8-20(31)32)11-30(12-16)10-13-1-4-17(5-2-13)21(24,25)26/h1-6,9,14,16H,7-8,10-12H2,(H,31,32). The van der Waals surface area contributed by atoms with Crippen LogP contribution in [0, 0.1) is 11.7 Å². The molecule has 2 aromatic rings. The van der Waals surface area contributed by atoms with Gasteiger partial charge >= 0.3 is 18.3 Å². The van der Waals surface area contributed by atoms with Gasteiger partial charge in [0.15, 0.2) is 0 Å². The van der Waals surface area contributed by atoms with Crippen LogP contribution in [0.1, 0.15) is 41.0 Å². The first-order valence-corrected chi connectivity index (χ1v) is 9.80. The highest BCUT2D eigenvalue weighted by Crippen LogP contribution is 2.37. The van der Waals surface area contributed by atoms with E-state index in [0.29, 0.717) is 36.7 Å². The molecule has 2 aromatic carbocycles. The van der Waals surface area contributed by atoms with Crippen LogP contribution in [0.3, 0.4) is 0 Å². The Hall–Kier alpha value is -2.62. The number of hydrogen-bond donors (Lipinski definition) is 1. The van der Waals surface area contributed by atoms with E-state index in [4.69, 9.17) is 5.11 Å². The summed E-state index contributed by atoms with van der Waals surface area (Å²) >= 11 is 0. The van der Waals surface area contributed by atoms with Crippen molar-refractivity contribution in [3.8, 4) is 0 Å². The van der Waals surface area contributed by atoms with Crippen molar-refractivity contribution in [2.24, 2.45) is 5.92 Å². The minimum absolute atomic E-state index is 0.177. The van der Waals surface area contributed by atoms with Gasteiger partial charge in [-0.05, 0) is 53.6 Å². The number of carboxylic acids is 1. The fourth-order valence-electron chi connectivity index (χ4n) is 4.14. The molecule has 0 saturated carbocycles. The van der Waals surface area contributed by atoms with Gasteiger partial charge < -0.3 is 5.11 Å². The Balaban J connectivity index is 1.80. The van der Waals surface area contributed by atoms with Gasteiger partial charge in [0.25, 0.3) is 0 Å². The van der Waals surface area contributed by atoms with Gasteiger partial charge in [0.2, 0.25) is 0 Å². The second kappa shape index (κ2) is 9.09. The largest absolute Gasteiger partial charge is 0.481 e. The Morgan fingerprint density at radius 1 is 0.969 bits per heavy atom. The van der Waals surface area contributed by atoms with E-state index in [0.717, 1.165) is 18.2 Å². The van der Waals surface area contributed by atoms with Gasteiger partial charge in [0.1, 0.15) is 5.82 Å². The van der Waals surface area contributed by atoms with Crippen molar-refractivity contribution in [3.63, 3.8) is 0 Å². The van der Waals surface area contributed by atoms with Crippen molar-refractivity contribution in [3.05, 3.63) is 70.5 Å². The topological polar surface area (TPSA) is 40.5 Å². The zero-order chi connectivity index (χ0) is 23.7. The van der Waals surface area contributed by atoms with Gasteiger partial charge in [-0.25, -0.2) is 4.39 Å². The van der Waals surface area contributed by atoms with Crippen LogP contribution in [0.15, 0.2) is 42.5 Å². The van der Waals surface area contributed by atoms with Gasteiger partial charge in [-0.15, -0.1) is 0 Å². The maximum atomic E-state index is 14.1. The molecule has 2 atom stereocenters. The summed E-state index contributed by atoms with van der Waals surface area (Å²) in [6, 6.07) is 7.26. The molecule has 174 valence electrons. The van der Waals surface area contributed by atoms with E-state index in [1.807, 2.05) is 4.90 Å². The third-order valence-corrected chi connectivity index (χ3v) is 5.53. The molecule has 1 heterocycles. The number of piperidine rings is 1. The van der Waals surface area contributed by atoms with E-state index in [9.17, 15) is 35.5 Å². The Morgan fingerprint density at radius 2 is 1.62 bits per heavy atom. The number of nitrogens with zero attached hydrogens (tertiary/aromatic N) is 1. The Labute approximate surface area is 179 Å². The number of likely N-dealkylation sites (tertiary alicyclic amines) is 1. The van der Waals surface area contributed by atoms with Crippen molar-refractivity contribution in [1.82, 2.24) is 4.90 Å². The van der Waals surface area contributed by atoms with Crippen LogP contribution in [0.2, 0.25) is 0 Å². The smallest absolute Gasteiger partial charge is 0.419 e. The zero-order valence-electron chi connectivity index (χ0n) is 16.7. The number of hydrogen-bond acceptors (Lipinski definition) is 2. The molecule has 1 aliphatic heterocycles. The van der Waals surface area contributed by atoms with Crippen molar-refractivity contribution < 1.29 is 40.6 Å². The van der Waals surface area contributed by atoms with E-state index in [2.05, 4.69) is 0 Å². The van der Waals surface area contributed by atoms with Gasteiger partial charge in [-0.1, -0.05) is 18.2 Å². The molecule has 0 aromatic heterocycles. The molecule has 3 rings (SSSR count). The predicted octanol–water partition coefficient (Wildman–Crippen LogP) is 5.94. The summed E-state index contributed by atoms with van der Waals surface area (Å²) in [6.45, 7) is 0.892. The normalized spacial score (nSPS) is 20.3. The minimum atomic E-state index is -4.82. The highest BCUT2D eigenvalue weighted by molar-refractivity contribution is 5.67. The number of halogens is 7. The van der Waals surface area contributed by atoms with E-state index >= 15 is 0 Å². The molecule has 2 unspecified atom stereocenters. The second-order valence-electron chi connectivity index (χ2n) is 8.02. The molecule has 1 aliphatic rings. The van der Waals surface area contributed by atoms with Crippen molar-refractivity contribution >= 4 is 5.97 Å². The van der Waals surface area contributed by atoms with Gasteiger partial charge in [0, 0.05) is 26.1 Å². The Bertz CT molecular complexity index is 954. The van der Waals surface area contributed by atoms with Crippen molar-refractivity contribution in [2.75, 3.05) is 13.1 Å². The number of alkyl halides is 6. The molecule has 0 spiro atoms. The quantitative estimate of drug-likeness (QED) is 0.558. The minimum Gasteiger partial charge on any atom is -0.481 e. The SMILES string of the molecule is O=C(O)CC1CC(c2ccc(C(F)(F)F)c(F)c2)CN(Cc2ccc(C(F)(F)F)cc2)C1. The lowest BCUT2D eigenvalue weighted by atomic mass is 9.82. The third-order valence-electron chi connectivity index (χ3n) is 5.53. The summed E-state index contributed by atoms with van der Waals surface area (Å²) in [4.78, 5) is 13.0. The molecular weight excluding hydrogens is 443 g/mol. The van der Waals surface area contributed by atoms with Crippen LogP contribution < -0.4 is 0 Å². The lowest BCUT2D eigenvalue weighted by Gasteiger charge is -2.38. The average molecular weight is 463 g/mol. The summed E-state index contributed by atoms with van der Waals surface area (Å²) in [5, 5.41) is 9.17. The first kappa shape index (κ1) is 24.0. The average Bonchev–Trinajstić information content (AvgIpc) is 2.66. The predicted molar refractivity (Wildman–Crippen MR) is 101 cm³/mol. The number of carboxylic acid groups (broad SMARTS) is 1. The Kier molecular flexibility index (Phi) is 6.83. The number of rotatable bonds is 5. The van der Waals surface area contributed by atoms with Crippen LogP contribution in [0.4, 0.5) is 30.7 Å². The van der Waals surface area contributed by atoms with Crippen molar-refractivity contribution in [2.45, 2.75) is 37.7 Å². The van der Waals surface area contributed by atoms with Crippen LogP contribution >= 0.6 is 0 Å². The summed E-state index contributed by atoms with van der Waals surface area (Å²) in [5.41, 5.74) is -1.27. The number of carbonyl (C=O) groups is 1. The fraction of sp³-hybridized carbons (Fsp3) is 0.409. The summed E-state index contributed by atoms with van der Waals surface area (Å²) in [6.07, 6.45) is -9.12. The molecule has 3 nitrogen and oxygen atoms in total. The van der Waals surface area contributed by atoms with Gasteiger partial charge in [-0.3, -0.25) is 9.69 Å². The monoisotopic (exact) mass is 463 g/mol. The molecule has 0 amide bonds. The Morgan fingerprint density at radius 3 is 2.16 bits per heavy atom. The van der Waals surface area contributed by atoms with Gasteiger partial charge in [0.05, 0.1) is 11.1 Å². The third kappa shape index (κ3) is 5.99. The van der Waals surface area contributed by atoms with E-state index in [-0.39, 0.29) is 18.9 Å². The maximum Gasteiger partial charge on any atom is 0.419 e. The molecule has 0 bridgehead atoms. The molecule has 1 fully saturated rings. The van der Waals surface area contributed by atoms with E-state index in [1.165, 1.54) is 18.2 Å². The lowest BCUT2D eigenvalue weighted by molar-refractivity contribution is -0.140. The first-order chi connectivity index (χ1) is 14.8. The lowest BCUT2D eigenvalue weighted by Crippen LogP contribution is -2.39. The fourth-order valence-corrected chi connectivity index (χ4v) is 4.14. The first-order valence-electron chi connectivity index (χ1n) is 9.80. The molecule has 1 N–H and O–H groups in total. The van der Waals surface area contributed by atoms with Gasteiger partial charge in [-0.2, -0.15) is 26.3 Å². The molecule has 1 saturated heterocycles. The highest BCUT2D eigenvalue weighted by atomic mass is 19.4. The van der Waals surface area contributed by atoms with Crippen molar-refractivity contribution in [1.29, 1.82) is 0 Å². The van der Waals surface area contributed by atoms with E-state index in [1.54, 1.807) is 0 Å². The summed E-state index contributed by atoms with van der Waals surface area (Å²) in [5.74, 6) is -3.20. The summed E-state index contributed by atoms with van der Waals surface area (Å²) in [7, 11) is 0. The molecular formula is C22H20F7NO2. The zero-order valence-corrected chi connectivity index (χ0v) is 16.7. The second-order valence-corrected chi connectivity index (χ2v) is 8.02. The van der Waals surface area contributed by atoms with Crippen LogP contribution in [0.5, 0.6) is 0 Å². The highest BCUT2D eigenvalue weighted by Gasteiger charge is 2.36. The van der Waals surface area contributed by atoms with Crippen LogP contribution in [-0.2, 0) is 23.7 Å².